The quantitative estimate of drug-likeness (QED) is 0.501. The fourth-order valence-corrected chi connectivity index (χ4v) is 2.68. The monoisotopic (exact) mass is 346 g/mol. The molecule has 1 aromatic carbocycles. The van der Waals surface area contributed by atoms with Gasteiger partial charge in [-0.2, -0.15) is 0 Å². The van der Waals surface area contributed by atoms with Gasteiger partial charge in [0.15, 0.2) is 0 Å². The second-order valence-corrected chi connectivity index (χ2v) is 5.60. The molecule has 1 aromatic rings. The molecule has 1 saturated carbocycles. The van der Waals surface area contributed by atoms with Gasteiger partial charge >= 0.3 is 0 Å². The van der Waals surface area contributed by atoms with Crippen LogP contribution >= 0.6 is 22.6 Å². The van der Waals surface area contributed by atoms with E-state index in [0.29, 0.717) is 3.57 Å². The average Bonchev–Trinajstić information content (AvgIpc) is 2.21. The molecule has 1 N–H and O–H groups in total. The highest BCUT2D eigenvalue weighted by Crippen LogP contribution is 2.29. The van der Waals surface area contributed by atoms with Crippen molar-refractivity contribution in [2.24, 2.45) is 5.92 Å². The number of nitro benzene ring substituents is 1. The second-order valence-electron chi connectivity index (χ2n) is 4.44. The second kappa shape index (κ2) is 5.66. The predicted molar refractivity (Wildman–Crippen MR) is 76.3 cm³/mol. The molecule has 2 rings (SSSR count). The van der Waals surface area contributed by atoms with Gasteiger partial charge in [0.05, 0.1) is 8.49 Å². The van der Waals surface area contributed by atoms with E-state index in [9.17, 15) is 10.1 Å². The number of nitrogens with one attached hydrogen (secondary N) is 1. The lowest BCUT2D eigenvalue weighted by molar-refractivity contribution is -0.385. The van der Waals surface area contributed by atoms with Crippen LogP contribution in [-0.2, 0) is 0 Å². The van der Waals surface area contributed by atoms with Gasteiger partial charge in [-0.3, -0.25) is 10.1 Å². The highest BCUT2D eigenvalue weighted by atomic mass is 127. The molecule has 17 heavy (non-hydrogen) atoms. The van der Waals surface area contributed by atoms with Crippen LogP contribution in [0.15, 0.2) is 18.2 Å². The fourth-order valence-electron chi connectivity index (χ4n) is 1.97. The Morgan fingerprint density at radius 1 is 1.47 bits per heavy atom. The van der Waals surface area contributed by atoms with Crippen molar-refractivity contribution in [1.29, 1.82) is 0 Å². The van der Waals surface area contributed by atoms with Gasteiger partial charge in [-0.05, 0) is 47.1 Å². The molecule has 0 bridgehead atoms. The Morgan fingerprint density at radius 2 is 2.24 bits per heavy atom. The average molecular weight is 346 g/mol. The standard InChI is InChI=1S/C12H15IN2O2/c13-11-8-10(4-5-12(11)15(16)17)14-7-6-9-2-1-3-9/h4-5,8-9,14H,1-3,6-7H2. The third-order valence-electron chi connectivity index (χ3n) is 3.25. The molecule has 92 valence electrons. The highest BCUT2D eigenvalue weighted by Gasteiger charge is 2.16. The summed E-state index contributed by atoms with van der Waals surface area (Å²) in [5.41, 5.74) is 1.15. The van der Waals surface area contributed by atoms with Crippen molar-refractivity contribution in [2.45, 2.75) is 25.7 Å². The van der Waals surface area contributed by atoms with Crippen molar-refractivity contribution >= 4 is 34.0 Å². The fraction of sp³-hybridized carbons (Fsp3) is 0.500. The number of rotatable bonds is 5. The van der Waals surface area contributed by atoms with Gasteiger partial charge < -0.3 is 5.32 Å². The Labute approximate surface area is 114 Å². The number of halogens is 1. The Balaban J connectivity index is 1.88. The van der Waals surface area contributed by atoms with Crippen LogP contribution in [0.3, 0.4) is 0 Å². The first kappa shape index (κ1) is 12.6. The third kappa shape index (κ3) is 3.31. The van der Waals surface area contributed by atoms with Gasteiger partial charge in [-0.15, -0.1) is 0 Å². The first-order chi connectivity index (χ1) is 8.16. The predicted octanol–water partition coefficient (Wildman–Crippen LogP) is 3.80. The number of nitrogens with zero attached hydrogens (tertiary/aromatic N) is 1. The zero-order valence-electron chi connectivity index (χ0n) is 9.49. The zero-order chi connectivity index (χ0) is 12.3. The number of benzene rings is 1. The summed E-state index contributed by atoms with van der Waals surface area (Å²) in [5, 5.41) is 14.0. The largest absolute Gasteiger partial charge is 0.385 e. The third-order valence-corrected chi connectivity index (χ3v) is 4.11. The Bertz CT molecular complexity index is 419. The molecule has 0 aliphatic heterocycles. The summed E-state index contributed by atoms with van der Waals surface area (Å²) < 4.78 is 0.682. The van der Waals surface area contributed by atoms with E-state index in [-0.39, 0.29) is 10.6 Å². The van der Waals surface area contributed by atoms with Crippen molar-refractivity contribution in [3.05, 3.63) is 31.9 Å². The normalized spacial score (nSPS) is 15.4. The van der Waals surface area contributed by atoms with Crippen molar-refractivity contribution in [3.63, 3.8) is 0 Å². The van der Waals surface area contributed by atoms with E-state index < -0.39 is 0 Å². The van der Waals surface area contributed by atoms with E-state index in [1.54, 1.807) is 12.1 Å². The summed E-state index contributed by atoms with van der Waals surface area (Å²) in [6, 6.07) is 5.17. The van der Waals surface area contributed by atoms with E-state index in [2.05, 4.69) is 5.32 Å². The summed E-state index contributed by atoms with van der Waals surface area (Å²) >= 11 is 2.00. The van der Waals surface area contributed by atoms with Crippen LogP contribution in [0.25, 0.3) is 0 Å². The molecule has 1 aliphatic rings. The molecule has 0 heterocycles. The van der Waals surface area contributed by atoms with Crippen molar-refractivity contribution < 1.29 is 4.92 Å². The number of anilines is 1. The molecule has 0 aromatic heterocycles. The van der Waals surface area contributed by atoms with Gasteiger partial charge in [0.25, 0.3) is 5.69 Å². The van der Waals surface area contributed by atoms with Crippen LogP contribution in [0.2, 0.25) is 0 Å². The highest BCUT2D eigenvalue weighted by molar-refractivity contribution is 14.1. The van der Waals surface area contributed by atoms with Crippen LogP contribution in [0, 0.1) is 19.6 Å². The maximum Gasteiger partial charge on any atom is 0.282 e. The molecule has 5 heteroatoms. The number of hydrogen-bond donors (Lipinski definition) is 1. The van der Waals surface area contributed by atoms with Crippen LogP contribution in [0.4, 0.5) is 11.4 Å². The summed E-state index contributed by atoms with van der Waals surface area (Å²) in [4.78, 5) is 10.3. The molecule has 0 unspecified atom stereocenters. The van der Waals surface area contributed by atoms with Crippen molar-refractivity contribution in [3.8, 4) is 0 Å². The zero-order valence-corrected chi connectivity index (χ0v) is 11.6. The van der Waals surface area contributed by atoms with Gasteiger partial charge in [-0.25, -0.2) is 0 Å². The van der Waals surface area contributed by atoms with E-state index in [4.69, 9.17) is 0 Å². The van der Waals surface area contributed by atoms with Crippen molar-refractivity contribution in [1.82, 2.24) is 0 Å². The number of nitro groups is 1. The summed E-state index contributed by atoms with van der Waals surface area (Å²) in [5.74, 6) is 0.889. The molecular weight excluding hydrogens is 331 g/mol. The lowest BCUT2D eigenvalue weighted by atomic mass is 9.83. The lowest BCUT2D eigenvalue weighted by Crippen LogP contribution is -2.15. The molecule has 1 aliphatic carbocycles. The Morgan fingerprint density at radius 3 is 2.76 bits per heavy atom. The molecule has 4 nitrogen and oxygen atoms in total. The molecule has 0 amide bonds. The smallest absolute Gasteiger partial charge is 0.282 e. The molecule has 0 saturated heterocycles. The van der Waals surface area contributed by atoms with Gasteiger partial charge in [0.1, 0.15) is 0 Å². The number of hydrogen-bond acceptors (Lipinski definition) is 3. The van der Waals surface area contributed by atoms with Crippen LogP contribution in [-0.4, -0.2) is 11.5 Å². The maximum absolute atomic E-state index is 10.7. The minimum absolute atomic E-state index is 0.176. The first-order valence-electron chi connectivity index (χ1n) is 5.84. The van der Waals surface area contributed by atoms with E-state index >= 15 is 0 Å². The van der Waals surface area contributed by atoms with Gasteiger partial charge in [-0.1, -0.05) is 19.3 Å². The Hall–Kier alpha value is -0.850. The summed E-state index contributed by atoms with van der Waals surface area (Å²) in [7, 11) is 0. The minimum Gasteiger partial charge on any atom is -0.385 e. The summed E-state index contributed by atoms with van der Waals surface area (Å²) in [6.45, 7) is 0.957. The van der Waals surface area contributed by atoms with Gasteiger partial charge in [0.2, 0.25) is 0 Å². The minimum atomic E-state index is -0.347. The first-order valence-corrected chi connectivity index (χ1v) is 6.92. The molecule has 0 atom stereocenters. The SMILES string of the molecule is O=[N+]([O-])c1ccc(NCCC2CCC2)cc1I. The van der Waals surface area contributed by atoms with Crippen LogP contribution in [0.5, 0.6) is 0 Å². The van der Waals surface area contributed by atoms with Gasteiger partial charge in [0, 0.05) is 18.3 Å². The molecule has 0 radical (unpaired) electrons. The molecular formula is C12H15IN2O2. The van der Waals surface area contributed by atoms with Crippen LogP contribution < -0.4 is 5.32 Å². The van der Waals surface area contributed by atoms with E-state index in [1.165, 1.54) is 25.7 Å². The lowest BCUT2D eigenvalue weighted by Gasteiger charge is -2.25. The maximum atomic E-state index is 10.7. The van der Waals surface area contributed by atoms with E-state index in [0.717, 1.165) is 18.2 Å². The van der Waals surface area contributed by atoms with Crippen LogP contribution in [0.1, 0.15) is 25.7 Å². The summed E-state index contributed by atoms with van der Waals surface area (Å²) in [6.07, 6.45) is 5.30. The topological polar surface area (TPSA) is 55.2 Å². The van der Waals surface area contributed by atoms with Crippen molar-refractivity contribution in [2.75, 3.05) is 11.9 Å². The molecule has 0 spiro atoms. The molecule has 1 fully saturated rings. The Kier molecular flexibility index (Phi) is 4.20. The van der Waals surface area contributed by atoms with E-state index in [1.807, 2.05) is 28.7 Å².